The van der Waals surface area contributed by atoms with Gasteiger partial charge in [-0.2, -0.15) is 10.2 Å². The Balaban J connectivity index is 0.000000441. The molecule has 0 atom stereocenters. The highest BCUT2D eigenvalue weighted by Crippen LogP contribution is 2.14. The fourth-order valence-electron chi connectivity index (χ4n) is 3.37. The van der Waals surface area contributed by atoms with Crippen LogP contribution in [0.5, 0.6) is 11.5 Å². The standard InChI is InChI=1S/2C15H13N3O4.2H2O/c2*1-22-14-4-2-3-11(9-14)10-16-17-15(19)12-5-7-13(8-6-12)18(20)21;;/h2*2-10H,1H3,(H,17,19);2*1H2/b2*16-10+;;. The third-order valence-corrected chi connectivity index (χ3v) is 5.63. The fourth-order valence-corrected chi connectivity index (χ4v) is 3.37. The molecule has 0 spiro atoms. The topological polar surface area (TPSA) is 251 Å². The number of amides is 2. The Bertz CT molecular complexity index is 1550. The molecule has 0 aliphatic heterocycles. The van der Waals surface area contributed by atoms with E-state index in [0.29, 0.717) is 11.5 Å². The molecule has 6 N–H and O–H groups in total. The van der Waals surface area contributed by atoms with Crippen molar-refractivity contribution in [3.8, 4) is 11.5 Å². The minimum Gasteiger partial charge on any atom is -0.497 e. The number of hydrogen-bond donors (Lipinski definition) is 2. The van der Waals surface area contributed by atoms with Crippen molar-refractivity contribution in [3.63, 3.8) is 0 Å². The maximum absolute atomic E-state index is 11.8. The lowest BCUT2D eigenvalue weighted by molar-refractivity contribution is -0.385. The number of carbonyl (C=O) groups excluding carboxylic acids is 2. The van der Waals surface area contributed by atoms with Crippen molar-refractivity contribution in [3.05, 3.63) is 140 Å². The third kappa shape index (κ3) is 11.6. The third-order valence-electron chi connectivity index (χ3n) is 5.63. The summed E-state index contributed by atoms with van der Waals surface area (Å²) in [6, 6.07) is 24.9. The minimum absolute atomic E-state index is 0. The quantitative estimate of drug-likeness (QED) is 0.148. The van der Waals surface area contributed by atoms with Crippen LogP contribution < -0.4 is 20.3 Å². The van der Waals surface area contributed by atoms with E-state index in [1.807, 2.05) is 12.1 Å². The van der Waals surface area contributed by atoms with Gasteiger partial charge in [0, 0.05) is 35.4 Å². The molecule has 4 rings (SSSR count). The summed E-state index contributed by atoms with van der Waals surface area (Å²) in [6.07, 6.45) is 2.96. The molecule has 0 aromatic heterocycles. The predicted octanol–water partition coefficient (Wildman–Crippen LogP) is 3.09. The minimum atomic E-state index is -0.525. The molecule has 0 aliphatic rings. The van der Waals surface area contributed by atoms with Gasteiger partial charge in [-0.3, -0.25) is 29.8 Å². The number of hydrogen-bond acceptors (Lipinski definition) is 10. The first-order chi connectivity index (χ1) is 21.2. The second-order valence-electron chi connectivity index (χ2n) is 8.56. The molecule has 0 saturated carbocycles. The van der Waals surface area contributed by atoms with Gasteiger partial charge < -0.3 is 20.4 Å². The molecule has 16 heteroatoms. The first-order valence-corrected chi connectivity index (χ1v) is 12.6. The van der Waals surface area contributed by atoms with E-state index in [9.17, 15) is 29.8 Å². The molecule has 0 unspecified atom stereocenters. The first-order valence-electron chi connectivity index (χ1n) is 12.6. The van der Waals surface area contributed by atoms with E-state index in [0.717, 1.165) is 11.1 Å². The number of carbonyl (C=O) groups is 2. The van der Waals surface area contributed by atoms with Crippen molar-refractivity contribution in [2.45, 2.75) is 0 Å². The predicted molar refractivity (Wildman–Crippen MR) is 170 cm³/mol. The molecule has 2 amide bonds. The van der Waals surface area contributed by atoms with Crippen molar-refractivity contribution in [2.75, 3.05) is 14.2 Å². The molecule has 0 radical (unpaired) electrons. The average Bonchev–Trinajstić information content (AvgIpc) is 3.05. The zero-order valence-electron chi connectivity index (χ0n) is 24.4. The van der Waals surface area contributed by atoms with Crippen LogP contribution >= 0.6 is 0 Å². The molecule has 0 fully saturated rings. The van der Waals surface area contributed by atoms with Crippen LogP contribution in [0.1, 0.15) is 31.8 Å². The number of rotatable bonds is 10. The molecule has 0 aliphatic carbocycles. The summed E-state index contributed by atoms with van der Waals surface area (Å²) in [5, 5.41) is 28.7. The zero-order chi connectivity index (χ0) is 31.9. The number of methoxy groups -OCH3 is 2. The van der Waals surface area contributed by atoms with Crippen LogP contribution in [-0.4, -0.2) is 59.3 Å². The van der Waals surface area contributed by atoms with Gasteiger partial charge >= 0.3 is 0 Å². The molecule has 0 heterocycles. The monoisotopic (exact) mass is 634 g/mol. The van der Waals surface area contributed by atoms with Crippen molar-refractivity contribution in [2.24, 2.45) is 10.2 Å². The summed E-state index contributed by atoms with van der Waals surface area (Å²) in [6.45, 7) is 0. The number of nitro groups is 2. The van der Waals surface area contributed by atoms with Crippen LogP contribution in [0, 0.1) is 20.2 Å². The van der Waals surface area contributed by atoms with E-state index < -0.39 is 21.7 Å². The van der Waals surface area contributed by atoms with Gasteiger partial charge in [0.05, 0.1) is 36.5 Å². The Labute approximate surface area is 261 Å². The Morgan fingerprint density at radius 1 is 0.630 bits per heavy atom. The number of nitro benzene ring substituents is 2. The zero-order valence-corrected chi connectivity index (χ0v) is 24.4. The normalized spacial score (nSPS) is 9.96. The first kappa shape index (κ1) is 37.5. The molecular weight excluding hydrogens is 604 g/mol. The maximum Gasteiger partial charge on any atom is 0.271 e. The van der Waals surface area contributed by atoms with Gasteiger partial charge in [0.25, 0.3) is 23.2 Å². The lowest BCUT2D eigenvalue weighted by Crippen LogP contribution is -2.17. The Hall–Kier alpha value is -6.52. The van der Waals surface area contributed by atoms with E-state index in [2.05, 4.69) is 21.1 Å². The number of nitrogens with zero attached hydrogens (tertiary/aromatic N) is 4. The second kappa shape index (κ2) is 18.9. The lowest BCUT2D eigenvalue weighted by atomic mass is 10.2. The summed E-state index contributed by atoms with van der Waals surface area (Å²) in [5.41, 5.74) is 6.67. The number of ether oxygens (including phenoxy) is 2. The summed E-state index contributed by atoms with van der Waals surface area (Å²) in [7, 11) is 3.12. The average molecular weight is 635 g/mol. The summed E-state index contributed by atoms with van der Waals surface area (Å²) >= 11 is 0. The van der Waals surface area contributed by atoms with Crippen molar-refractivity contribution >= 4 is 35.6 Å². The lowest BCUT2D eigenvalue weighted by Gasteiger charge is -2.01. The molecule has 16 nitrogen and oxygen atoms in total. The molecule has 0 bridgehead atoms. The Morgan fingerprint density at radius 2 is 0.978 bits per heavy atom. The van der Waals surface area contributed by atoms with Gasteiger partial charge in [-0.15, -0.1) is 0 Å². The van der Waals surface area contributed by atoms with Gasteiger partial charge in [0.2, 0.25) is 0 Å². The largest absolute Gasteiger partial charge is 0.497 e. The summed E-state index contributed by atoms with van der Waals surface area (Å²) in [5.74, 6) is 0.472. The van der Waals surface area contributed by atoms with Gasteiger partial charge in [0.1, 0.15) is 11.5 Å². The summed E-state index contributed by atoms with van der Waals surface area (Å²) in [4.78, 5) is 43.7. The van der Waals surface area contributed by atoms with Crippen LogP contribution in [0.4, 0.5) is 11.4 Å². The molecule has 4 aromatic carbocycles. The van der Waals surface area contributed by atoms with Crippen molar-refractivity contribution < 1.29 is 39.9 Å². The van der Waals surface area contributed by atoms with Crippen molar-refractivity contribution in [1.29, 1.82) is 0 Å². The Morgan fingerprint density at radius 3 is 1.28 bits per heavy atom. The van der Waals surface area contributed by atoms with Crippen LogP contribution in [0.2, 0.25) is 0 Å². The van der Waals surface area contributed by atoms with E-state index >= 15 is 0 Å². The van der Waals surface area contributed by atoms with E-state index in [1.165, 1.54) is 61.0 Å². The highest BCUT2D eigenvalue weighted by Gasteiger charge is 2.09. The van der Waals surface area contributed by atoms with Gasteiger partial charge in [-0.05, 0) is 59.7 Å². The Kier molecular flexibility index (Phi) is 15.4. The molecular formula is C30H30N6O10. The van der Waals surface area contributed by atoms with E-state index in [4.69, 9.17) is 9.47 Å². The SMILES string of the molecule is COc1cccc(/C=N/NC(=O)c2ccc([N+](=O)[O-])cc2)c1.COc1cccc(/C=N/NC(=O)c2ccc([N+](=O)[O-])cc2)c1.O.O. The van der Waals surface area contributed by atoms with Gasteiger partial charge in [-0.25, -0.2) is 10.9 Å². The number of nitrogens with one attached hydrogen (secondary N) is 2. The molecule has 240 valence electrons. The van der Waals surface area contributed by atoms with Crippen LogP contribution in [0.3, 0.4) is 0 Å². The van der Waals surface area contributed by atoms with Gasteiger partial charge in [0.15, 0.2) is 0 Å². The van der Waals surface area contributed by atoms with Crippen LogP contribution in [0.15, 0.2) is 107 Å². The van der Waals surface area contributed by atoms with E-state index in [1.54, 1.807) is 50.6 Å². The van der Waals surface area contributed by atoms with Gasteiger partial charge in [-0.1, -0.05) is 24.3 Å². The maximum atomic E-state index is 11.8. The highest BCUT2D eigenvalue weighted by atomic mass is 16.6. The summed E-state index contributed by atoms with van der Waals surface area (Å²) < 4.78 is 10.2. The number of non-ortho nitro benzene ring substituents is 2. The molecule has 4 aromatic rings. The highest BCUT2D eigenvalue weighted by molar-refractivity contribution is 5.95. The fraction of sp³-hybridized carbons (Fsp3) is 0.0667. The molecule has 0 saturated heterocycles. The number of benzene rings is 4. The van der Waals surface area contributed by atoms with Crippen LogP contribution in [0.25, 0.3) is 0 Å². The molecule has 46 heavy (non-hydrogen) atoms. The number of hydrazone groups is 2. The smallest absolute Gasteiger partial charge is 0.271 e. The van der Waals surface area contributed by atoms with Crippen molar-refractivity contribution in [1.82, 2.24) is 10.9 Å². The van der Waals surface area contributed by atoms with Crippen LogP contribution in [-0.2, 0) is 0 Å². The van der Waals surface area contributed by atoms with E-state index in [-0.39, 0.29) is 33.5 Å². The second-order valence-corrected chi connectivity index (χ2v) is 8.56.